The molecule has 0 radical (unpaired) electrons. The quantitative estimate of drug-likeness (QED) is 0.521. The van der Waals surface area contributed by atoms with Crippen LogP contribution >= 0.6 is 0 Å². The fourth-order valence-electron chi connectivity index (χ4n) is 2.85. The highest BCUT2D eigenvalue weighted by atomic mass is 16.5. The van der Waals surface area contributed by atoms with Gasteiger partial charge < -0.3 is 13.9 Å². The van der Waals surface area contributed by atoms with Gasteiger partial charge in [-0.1, -0.05) is 18.2 Å². The maximum Gasteiger partial charge on any atom is 0.310 e. The molecule has 0 aliphatic heterocycles. The Kier molecular flexibility index (Phi) is 4.23. The number of hydrogen-bond donors (Lipinski definition) is 0. The molecule has 2 aromatic carbocycles. The fraction of sp³-hybridized carbons (Fsp3) is 0.150. The molecule has 4 rings (SSSR count). The molecule has 6 heteroatoms. The van der Waals surface area contributed by atoms with Crippen molar-refractivity contribution in [3.63, 3.8) is 0 Å². The summed E-state index contributed by atoms with van der Waals surface area (Å²) in [7, 11) is 1.95. The first-order chi connectivity index (χ1) is 12.7. The lowest BCUT2D eigenvalue weighted by Gasteiger charge is -2.07. The van der Waals surface area contributed by atoms with Crippen molar-refractivity contribution in [2.75, 3.05) is 0 Å². The summed E-state index contributed by atoms with van der Waals surface area (Å²) in [4.78, 5) is 20.5. The Bertz CT molecular complexity index is 1030. The Morgan fingerprint density at radius 1 is 1.08 bits per heavy atom. The van der Waals surface area contributed by atoms with Crippen molar-refractivity contribution in [2.45, 2.75) is 13.0 Å². The maximum atomic E-state index is 12.1. The minimum Gasteiger partial charge on any atom is -0.461 e. The van der Waals surface area contributed by atoms with Crippen LogP contribution in [0.25, 0.3) is 16.7 Å². The number of aryl methyl sites for hydroxylation is 1. The van der Waals surface area contributed by atoms with E-state index in [1.807, 2.05) is 64.8 Å². The molecule has 6 nitrogen and oxygen atoms in total. The highest BCUT2D eigenvalue weighted by Gasteiger charge is 2.08. The van der Waals surface area contributed by atoms with Crippen LogP contribution in [0.1, 0.15) is 11.1 Å². The maximum absolute atomic E-state index is 12.1. The van der Waals surface area contributed by atoms with Gasteiger partial charge in [0.2, 0.25) is 0 Å². The fourth-order valence-corrected chi connectivity index (χ4v) is 2.85. The summed E-state index contributed by atoms with van der Waals surface area (Å²) in [5.41, 5.74) is 4.79. The van der Waals surface area contributed by atoms with Gasteiger partial charge in [-0.3, -0.25) is 4.79 Å². The summed E-state index contributed by atoms with van der Waals surface area (Å²) >= 11 is 0. The Hall–Kier alpha value is -3.41. The van der Waals surface area contributed by atoms with Crippen molar-refractivity contribution >= 4 is 17.0 Å². The molecule has 0 bridgehead atoms. The van der Waals surface area contributed by atoms with Crippen LogP contribution in [0.5, 0.6) is 0 Å². The number of carbonyl (C=O) groups is 1. The molecular weight excluding hydrogens is 328 g/mol. The van der Waals surface area contributed by atoms with E-state index in [9.17, 15) is 4.79 Å². The van der Waals surface area contributed by atoms with E-state index in [-0.39, 0.29) is 19.0 Å². The zero-order valence-corrected chi connectivity index (χ0v) is 14.4. The van der Waals surface area contributed by atoms with Gasteiger partial charge in [-0.2, -0.15) is 0 Å². The van der Waals surface area contributed by atoms with Crippen LogP contribution in [0.15, 0.2) is 67.5 Å². The summed E-state index contributed by atoms with van der Waals surface area (Å²) in [5.74, 6) is -0.251. The van der Waals surface area contributed by atoms with Crippen LogP contribution in [0.4, 0.5) is 0 Å². The minimum atomic E-state index is -0.251. The molecule has 0 saturated heterocycles. The molecule has 0 spiro atoms. The number of esters is 1. The van der Waals surface area contributed by atoms with Crippen molar-refractivity contribution in [2.24, 2.45) is 7.05 Å². The molecule has 0 aliphatic rings. The predicted molar refractivity (Wildman–Crippen MR) is 97.8 cm³/mol. The van der Waals surface area contributed by atoms with Gasteiger partial charge >= 0.3 is 5.97 Å². The van der Waals surface area contributed by atoms with Crippen LogP contribution in [-0.4, -0.2) is 25.1 Å². The van der Waals surface area contributed by atoms with Gasteiger partial charge in [0.05, 0.1) is 30.1 Å². The largest absolute Gasteiger partial charge is 0.461 e. The summed E-state index contributed by atoms with van der Waals surface area (Å²) in [6, 6.07) is 13.7. The van der Waals surface area contributed by atoms with Gasteiger partial charge in [0, 0.05) is 25.1 Å². The van der Waals surface area contributed by atoms with Gasteiger partial charge in [0.15, 0.2) is 0 Å². The van der Waals surface area contributed by atoms with E-state index in [4.69, 9.17) is 4.74 Å². The first-order valence-electron chi connectivity index (χ1n) is 8.32. The number of nitrogens with zero attached hydrogens (tertiary/aromatic N) is 4. The number of fused-ring (bicyclic) bond motifs is 1. The standard InChI is InChI=1S/C20H18N4O2/c1-23-14-22-18-10-16(4-7-19(18)23)11-20(25)26-12-15-2-5-17(6-3-15)24-9-8-21-13-24/h2-10,13-14H,11-12H2,1H3. The average Bonchev–Trinajstić information content (AvgIpc) is 3.31. The summed E-state index contributed by atoms with van der Waals surface area (Å²) < 4.78 is 9.27. The second-order valence-corrected chi connectivity index (χ2v) is 6.15. The first-order valence-corrected chi connectivity index (χ1v) is 8.32. The van der Waals surface area contributed by atoms with Gasteiger partial charge in [0.25, 0.3) is 0 Å². The van der Waals surface area contributed by atoms with Crippen LogP contribution in [0, 0.1) is 0 Å². The predicted octanol–water partition coefficient (Wildman–Crippen LogP) is 3.04. The van der Waals surface area contributed by atoms with Gasteiger partial charge in [0.1, 0.15) is 6.61 Å². The molecule has 0 amide bonds. The number of carbonyl (C=O) groups excluding carboxylic acids is 1. The van der Waals surface area contributed by atoms with Gasteiger partial charge in [-0.15, -0.1) is 0 Å². The Balaban J connectivity index is 1.35. The third kappa shape index (κ3) is 3.35. The lowest BCUT2D eigenvalue weighted by atomic mass is 10.1. The first kappa shape index (κ1) is 16.1. The number of imidazole rings is 2. The van der Waals surface area contributed by atoms with Crippen LogP contribution in [0.3, 0.4) is 0 Å². The molecule has 0 saturated carbocycles. The Labute approximate surface area is 150 Å². The van der Waals surface area contributed by atoms with E-state index in [0.717, 1.165) is 27.8 Å². The number of rotatable bonds is 5. The minimum absolute atomic E-state index is 0.236. The monoisotopic (exact) mass is 346 g/mol. The van der Waals surface area contributed by atoms with Crippen LogP contribution in [-0.2, 0) is 29.6 Å². The summed E-state index contributed by atoms with van der Waals surface area (Å²) in [6.07, 6.45) is 7.36. The van der Waals surface area contributed by atoms with Crippen molar-refractivity contribution in [1.29, 1.82) is 0 Å². The average molecular weight is 346 g/mol. The molecule has 130 valence electrons. The molecule has 0 aliphatic carbocycles. The molecular formula is C20H18N4O2. The molecule has 4 aromatic rings. The van der Waals surface area contributed by atoms with Gasteiger partial charge in [-0.05, 0) is 35.4 Å². The second kappa shape index (κ2) is 6.84. The smallest absolute Gasteiger partial charge is 0.310 e. The normalized spacial score (nSPS) is 11.0. The zero-order valence-electron chi connectivity index (χ0n) is 14.4. The Morgan fingerprint density at radius 3 is 2.65 bits per heavy atom. The second-order valence-electron chi connectivity index (χ2n) is 6.15. The summed E-state index contributed by atoms with van der Waals surface area (Å²) in [6.45, 7) is 0.259. The van der Waals surface area contributed by atoms with E-state index in [1.54, 1.807) is 18.9 Å². The molecule has 0 N–H and O–H groups in total. The van der Waals surface area contributed by atoms with Crippen LogP contribution in [0.2, 0.25) is 0 Å². The molecule has 0 unspecified atom stereocenters. The number of hydrogen-bond acceptors (Lipinski definition) is 4. The molecule has 26 heavy (non-hydrogen) atoms. The zero-order chi connectivity index (χ0) is 17.9. The van der Waals surface area contributed by atoms with E-state index < -0.39 is 0 Å². The van der Waals surface area contributed by atoms with E-state index in [2.05, 4.69) is 9.97 Å². The van der Waals surface area contributed by atoms with E-state index in [1.165, 1.54) is 0 Å². The third-order valence-electron chi connectivity index (χ3n) is 4.28. The van der Waals surface area contributed by atoms with Crippen LogP contribution < -0.4 is 0 Å². The number of ether oxygens (including phenoxy) is 1. The number of benzene rings is 2. The highest BCUT2D eigenvalue weighted by Crippen LogP contribution is 2.15. The van der Waals surface area contributed by atoms with Crippen molar-refractivity contribution in [3.8, 4) is 5.69 Å². The lowest BCUT2D eigenvalue weighted by molar-refractivity contribution is -0.144. The SMILES string of the molecule is Cn1cnc2cc(CC(=O)OCc3ccc(-n4ccnc4)cc3)ccc21. The van der Waals surface area contributed by atoms with E-state index >= 15 is 0 Å². The van der Waals surface area contributed by atoms with Crippen molar-refractivity contribution in [3.05, 3.63) is 78.6 Å². The van der Waals surface area contributed by atoms with Gasteiger partial charge in [-0.25, -0.2) is 9.97 Å². The topological polar surface area (TPSA) is 61.9 Å². The van der Waals surface area contributed by atoms with Crippen molar-refractivity contribution in [1.82, 2.24) is 19.1 Å². The lowest BCUT2D eigenvalue weighted by Crippen LogP contribution is -2.08. The number of aromatic nitrogens is 4. The van der Waals surface area contributed by atoms with E-state index in [0.29, 0.717) is 0 Å². The third-order valence-corrected chi connectivity index (χ3v) is 4.28. The summed E-state index contributed by atoms with van der Waals surface area (Å²) in [5, 5.41) is 0. The molecule has 2 aromatic heterocycles. The molecule has 2 heterocycles. The highest BCUT2D eigenvalue weighted by molar-refractivity contribution is 5.79. The molecule has 0 atom stereocenters. The van der Waals surface area contributed by atoms with Crippen molar-refractivity contribution < 1.29 is 9.53 Å². The molecule has 0 fully saturated rings. The Morgan fingerprint density at radius 2 is 1.88 bits per heavy atom.